The summed E-state index contributed by atoms with van der Waals surface area (Å²) < 4.78 is 3.67. The van der Waals surface area contributed by atoms with Crippen LogP contribution < -0.4 is 5.32 Å². The van der Waals surface area contributed by atoms with Gasteiger partial charge in [-0.05, 0) is 33.3 Å². The van der Waals surface area contributed by atoms with Crippen molar-refractivity contribution in [3.63, 3.8) is 0 Å². The molecule has 0 aromatic carbocycles. The first-order chi connectivity index (χ1) is 10.0. The van der Waals surface area contributed by atoms with Crippen LogP contribution in [0.3, 0.4) is 0 Å². The quantitative estimate of drug-likeness (QED) is 0.872. The van der Waals surface area contributed by atoms with Crippen molar-refractivity contribution < 1.29 is 4.79 Å². The van der Waals surface area contributed by atoms with Gasteiger partial charge in [0.05, 0.1) is 11.7 Å². The fourth-order valence-electron chi connectivity index (χ4n) is 2.34. The third-order valence-corrected chi connectivity index (χ3v) is 3.27. The van der Waals surface area contributed by atoms with E-state index in [0.717, 1.165) is 30.2 Å². The molecule has 0 unspecified atom stereocenters. The highest BCUT2D eigenvalue weighted by Crippen LogP contribution is 2.09. The molecule has 0 spiro atoms. The average molecular weight is 290 g/mol. The standard InChI is InChI=1S/C14H22N6O/c1-5-6-19-9-15-17-14(19)12(4)16-13(21)8-20-11(3)7-10(2)18-20/h7,9,12H,5-6,8H2,1-4H3,(H,16,21)/t12-/m1/s1. The van der Waals surface area contributed by atoms with Crippen molar-refractivity contribution in [2.75, 3.05) is 0 Å². The van der Waals surface area contributed by atoms with E-state index in [9.17, 15) is 4.79 Å². The molecule has 0 aliphatic heterocycles. The summed E-state index contributed by atoms with van der Waals surface area (Å²) in [5.74, 6) is 0.693. The van der Waals surface area contributed by atoms with Crippen LogP contribution in [0.4, 0.5) is 0 Å². The lowest BCUT2D eigenvalue weighted by Crippen LogP contribution is -2.32. The van der Waals surface area contributed by atoms with E-state index in [0.29, 0.717) is 0 Å². The summed E-state index contributed by atoms with van der Waals surface area (Å²) in [6.45, 7) is 8.92. The Balaban J connectivity index is 1.98. The molecule has 2 rings (SSSR count). The fourth-order valence-corrected chi connectivity index (χ4v) is 2.34. The van der Waals surface area contributed by atoms with Crippen molar-refractivity contribution in [1.82, 2.24) is 29.9 Å². The Morgan fingerprint density at radius 1 is 1.43 bits per heavy atom. The lowest BCUT2D eigenvalue weighted by molar-refractivity contribution is -0.122. The van der Waals surface area contributed by atoms with E-state index in [1.165, 1.54) is 0 Å². The third kappa shape index (κ3) is 3.68. The molecule has 114 valence electrons. The Labute approximate surface area is 124 Å². The summed E-state index contributed by atoms with van der Waals surface area (Å²) >= 11 is 0. The highest BCUT2D eigenvalue weighted by atomic mass is 16.2. The van der Waals surface area contributed by atoms with E-state index >= 15 is 0 Å². The summed E-state index contributed by atoms with van der Waals surface area (Å²) in [6, 6.07) is 1.78. The molecule has 0 saturated carbocycles. The zero-order valence-electron chi connectivity index (χ0n) is 13.0. The number of amides is 1. The molecule has 0 aliphatic carbocycles. The molecule has 0 saturated heterocycles. The van der Waals surface area contributed by atoms with Gasteiger partial charge in [0, 0.05) is 12.2 Å². The second-order valence-electron chi connectivity index (χ2n) is 5.26. The van der Waals surface area contributed by atoms with Gasteiger partial charge in [-0.25, -0.2) is 0 Å². The van der Waals surface area contributed by atoms with Crippen molar-refractivity contribution in [3.8, 4) is 0 Å². The maximum Gasteiger partial charge on any atom is 0.242 e. The zero-order chi connectivity index (χ0) is 15.4. The number of rotatable bonds is 6. The number of aryl methyl sites for hydroxylation is 3. The first kappa shape index (κ1) is 15.2. The maximum absolute atomic E-state index is 12.1. The van der Waals surface area contributed by atoms with Crippen molar-refractivity contribution in [2.24, 2.45) is 0 Å². The van der Waals surface area contributed by atoms with Gasteiger partial charge in [-0.2, -0.15) is 5.10 Å². The third-order valence-electron chi connectivity index (χ3n) is 3.27. The second-order valence-corrected chi connectivity index (χ2v) is 5.26. The number of hydrogen-bond acceptors (Lipinski definition) is 4. The van der Waals surface area contributed by atoms with E-state index in [-0.39, 0.29) is 18.5 Å². The van der Waals surface area contributed by atoms with Gasteiger partial charge >= 0.3 is 0 Å². The normalized spacial score (nSPS) is 12.4. The van der Waals surface area contributed by atoms with Gasteiger partial charge < -0.3 is 9.88 Å². The van der Waals surface area contributed by atoms with Gasteiger partial charge in [-0.3, -0.25) is 9.48 Å². The minimum atomic E-state index is -0.177. The molecular weight excluding hydrogens is 268 g/mol. The molecule has 0 aliphatic rings. The predicted molar refractivity (Wildman–Crippen MR) is 78.6 cm³/mol. The van der Waals surface area contributed by atoms with Gasteiger partial charge in [0.25, 0.3) is 0 Å². The van der Waals surface area contributed by atoms with Gasteiger partial charge in [-0.15, -0.1) is 10.2 Å². The average Bonchev–Trinajstić information content (AvgIpc) is 2.97. The summed E-state index contributed by atoms with van der Waals surface area (Å²) in [5, 5.41) is 15.2. The Morgan fingerprint density at radius 3 is 2.81 bits per heavy atom. The predicted octanol–water partition coefficient (Wildman–Crippen LogP) is 1.38. The monoisotopic (exact) mass is 290 g/mol. The molecule has 2 heterocycles. The molecule has 2 aromatic rings. The van der Waals surface area contributed by atoms with E-state index in [1.54, 1.807) is 11.0 Å². The van der Waals surface area contributed by atoms with E-state index < -0.39 is 0 Å². The van der Waals surface area contributed by atoms with Crippen LogP contribution in [-0.2, 0) is 17.9 Å². The molecule has 1 atom stereocenters. The van der Waals surface area contributed by atoms with Crippen LogP contribution in [0.5, 0.6) is 0 Å². The zero-order valence-corrected chi connectivity index (χ0v) is 13.0. The Kier molecular flexibility index (Phi) is 4.72. The Morgan fingerprint density at radius 2 is 2.19 bits per heavy atom. The summed E-state index contributed by atoms with van der Waals surface area (Å²) in [4.78, 5) is 12.1. The maximum atomic E-state index is 12.1. The number of nitrogens with zero attached hydrogens (tertiary/aromatic N) is 5. The molecule has 1 amide bonds. The smallest absolute Gasteiger partial charge is 0.242 e. The molecule has 21 heavy (non-hydrogen) atoms. The number of nitrogens with one attached hydrogen (secondary N) is 1. The first-order valence-corrected chi connectivity index (χ1v) is 7.19. The lowest BCUT2D eigenvalue weighted by atomic mass is 10.3. The van der Waals surface area contributed by atoms with Gasteiger partial charge in [-0.1, -0.05) is 6.92 Å². The van der Waals surface area contributed by atoms with E-state index in [4.69, 9.17) is 0 Å². The van der Waals surface area contributed by atoms with E-state index in [2.05, 4.69) is 27.5 Å². The molecule has 2 aromatic heterocycles. The van der Waals surface area contributed by atoms with Crippen LogP contribution >= 0.6 is 0 Å². The van der Waals surface area contributed by atoms with Crippen LogP contribution in [0.25, 0.3) is 0 Å². The van der Waals surface area contributed by atoms with Crippen LogP contribution in [0.1, 0.15) is 43.5 Å². The van der Waals surface area contributed by atoms with Crippen LogP contribution in [0.2, 0.25) is 0 Å². The molecule has 0 bridgehead atoms. The van der Waals surface area contributed by atoms with Crippen LogP contribution in [0, 0.1) is 13.8 Å². The minimum Gasteiger partial charge on any atom is -0.345 e. The molecular formula is C14H22N6O. The number of carbonyl (C=O) groups excluding carboxylic acids is 1. The highest BCUT2D eigenvalue weighted by Gasteiger charge is 2.16. The molecule has 1 N–H and O–H groups in total. The van der Waals surface area contributed by atoms with Crippen molar-refractivity contribution in [3.05, 3.63) is 29.6 Å². The molecule has 0 radical (unpaired) electrons. The SMILES string of the molecule is CCCn1cnnc1[C@@H](C)NC(=O)Cn1nc(C)cc1C. The van der Waals surface area contributed by atoms with Gasteiger partial charge in [0.1, 0.15) is 12.9 Å². The van der Waals surface area contributed by atoms with Crippen molar-refractivity contribution in [2.45, 2.75) is 53.2 Å². The van der Waals surface area contributed by atoms with Gasteiger partial charge in [0.15, 0.2) is 5.82 Å². The molecule has 0 fully saturated rings. The van der Waals surface area contributed by atoms with Crippen molar-refractivity contribution >= 4 is 5.91 Å². The van der Waals surface area contributed by atoms with Crippen molar-refractivity contribution in [1.29, 1.82) is 0 Å². The summed E-state index contributed by atoms with van der Waals surface area (Å²) in [7, 11) is 0. The van der Waals surface area contributed by atoms with Gasteiger partial charge in [0.2, 0.25) is 5.91 Å². The number of aromatic nitrogens is 5. The number of carbonyl (C=O) groups is 1. The highest BCUT2D eigenvalue weighted by molar-refractivity contribution is 5.76. The van der Waals surface area contributed by atoms with Crippen LogP contribution in [-0.4, -0.2) is 30.5 Å². The van der Waals surface area contributed by atoms with Crippen LogP contribution in [0.15, 0.2) is 12.4 Å². The topological polar surface area (TPSA) is 77.6 Å². The Bertz CT molecular complexity index is 615. The fraction of sp³-hybridized carbons (Fsp3) is 0.571. The first-order valence-electron chi connectivity index (χ1n) is 7.19. The summed E-state index contributed by atoms with van der Waals surface area (Å²) in [6.07, 6.45) is 2.69. The largest absolute Gasteiger partial charge is 0.345 e. The number of hydrogen-bond donors (Lipinski definition) is 1. The van der Waals surface area contributed by atoms with E-state index in [1.807, 2.05) is 31.4 Å². The lowest BCUT2D eigenvalue weighted by Gasteiger charge is -2.14. The second kappa shape index (κ2) is 6.51. The Hall–Kier alpha value is -2.18. The minimum absolute atomic E-state index is 0.0836. The molecule has 7 heteroatoms. The molecule has 7 nitrogen and oxygen atoms in total. The summed E-state index contributed by atoms with van der Waals surface area (Å²) in [5.41, 5.74) is 1.89.